The highest BCUT2D eigenvalue weighted by molar-refractivity contribution is 7.89. The lowest BCUT2D eigenvalue weighted by Crippen LogP contribution is -2.32. The van der Waals surface area contributed by atoms with Crippen molar-refractivity contribution >= 4 is 21.4 Å². The zero-order chi connectivity index (χ0) is 17.3. The van der Waals surface area contributed by atoms with Gasteiger partial charge < -0.3 is 10.5 Å². The van der Waals surface area contributed by atoms with Gasteiger partial charge in [0.25, 0.3) is 5.69 Å². The lowest BCUT2D eigenvalue weighted by molar-refractivity contribution is -0.387. The summed E-state index contributed by atoms with van der Waals surface area (Å²) in [4.78, 5) is 10.1. The van der Waals surface area contributed by atoms with Gasteiger partial charge in [-0.15, -0.1) is 0 Å². The number of nitrogen functional groups attached to an aromatic ring is 1. The summed E-state index contributed by atoms with van der Waals surface area (Å²) in [6, 6.07) is 10.3. The molecule has 0 unspecified atom stereocenters. The maximum Gasteiger partial charge on any atom is 0.289 e. The lowest BCUT2D eigenvalue weighted by Gasteiger charge is -2.19. The highest BCUT2D eigenvalue weighted by Crippen LogP contribution is 2.31. The van der Waals surface area contributed by atoms with Crippen molar-refractivity contribution in [3.05, 3.63) is 58.1 Å². The molecule has 2 N–H and O–H groups in total. The van der Waals surface area contributed by atoms with Crippen LogP contribution in [0.25, 0.3) is 0 Å². The molecule has 0 aromatic heterocycles. The first-order valence-corrected chi connectivity index (χ1v) is 8.58. The fourth-order valence-corrected chi connectivity index (χ4v) is 4.09. The smallest absolute Gasteiger partial charge is 0.289 e. The summed E-state index contributed by atoms with van der Waals surface area (Å²) in [5.74, 6) is 0.523. The maximum atomic E-state index is 12.9. The predicted molar refractivity (Wildman–Crippen MR) is 87.0 cm³/mol. The molecule has 1 heterocycles. The Bertz CT molecular complexity index is 898. The molecule has 0 aliphatic carbocycles. The molecule has 0 spiro atoms. The molecule has 24 heavy (non-hydrogen) atoms. The van der Waals surface area contributed by atoms with E-state index in [0.717, 1.165) is 0 Å². The fourth-order valence-electron chi connectivity index (χ4n) is 2.53. The zero-order valence-corrected chi connectivity index (χ0v) is 13.4. The molecule has 2 aromatic carbocycles. The Morgan fingerprint density at radius 1 is 1.21 bits per heavy atom. The van der Waals surface area contributed by atoms with Gasteiger partial charge in [0.15, 0.2) is 4.90 Å². The van der Waals surface area contributed by atoms with E-state index in [9.17, 15) is 18.5 Å². The summed E-state index contributed by atoms with van der Waals surface area (Å²) in [6.45, 7) is 0.281. The molecule has 0 amide bonds. The van der Waals surface area contributed by atoms with Crippen LogP contribution in [0, 0.1) is 10.1 Å². The second kappa shape index (κ2) is 6.10. The Morgan fingerprint density at radius 3 is 2.71 bits per heavy atom. The van der Waals surface area contributed by atoms with E-state index >= 15 is 0 Å². The third kappa shape index (κ3) is 2.91. The Morgan fingerprint density at radius 2 is 1.96 bits per heavy atom. The van der Waals surface area contributed by atoms with Crippen LogP contribution in [-0.4, -0.2) is 30.8 Å². The molecule has 0 saturated carbocycles. The quantitative estimate of drug-likeness (QED) is 0.513. The number of sulfonamides is 1. The minimum absolute atomic E-state index is 0.0595. The number of nitro groups is 1. The van der Waals surface area contributed by atoms with Crippen molar-refractivity contribution in [1.82, 2.24) is 4.31 Å². The van der Waals surface area contributed by atoms with E-state index in [-0.39, 0.29) is 24.6 Å². The van der Waals surface area contributed by atoms with Crippen LogP contribution in [-0.2, 0) is 16.6 Å². The molecular weight excluding hydrogens is 334 g/mol. The number of nitro benzene ring substituents is 1. The molecule has 0 bridgehead atoms. The van der Waals surface area contributed by atoms with Crippen LogP contribution in [0.3, 0.4) is 0 Å². The van der Waals surface area contributed by atoms with Gasteiger partial charge in [-0.2, -0.15) is 4.31 Å². The molecule has 0 radical (unpaired) electrons. The topological polar surface area (TPSA) is 116 Å². The normalized spacial score (nSPS) is 15.2. The first-order valence-electron chi connectivity index (χ1n) is 7.14. The van der Waals surface area contributed by atoms with E-state index in [1.807, 2.05) is 0 Å². The standard InChI is InChI=1S/C15H15N3O5S/c16-12-6-5-11-10-17(7-8-23-14(11)9-12)24(21,22)15-4-2-1-3-13(15)18(19)20/h1-6,9H,7-8,10,16H2. The van der Waals surface area contributed by atoms with Gasteiger partial charge in [-0.3, -0.25) is 10.1 Å². The van der Waals surface area contributed by atoms with Crippen LogP contribution in [0.15, 0.2) is 47.4 Å². The second-order valence-electron chi connectivity index (χ2n) is 5.28. The molecule has 1 aliphatic heterocycles. The Balaban J connectivity index is 2.02. The minimum Gasteiger partial charge on any atom is -0.492 e. The number of benzene rings is 2. The van der Waals surface area contributed by atoms with Crippen molar-refractivity contribution in [2.75, 3.05) is 18.9 Å². The number of anilines is 1. The summed E-state index contributed by atoms with van der Waals surface area (Å²) >= 11 is 0. The van der Waals surface area contributed by atoms with Crippen LogP contribution >= 0.6 is 0 Å². The van der Waals surface area contributed by atoms with Gasteiger partial charge in [0, 0.05) is 36.5 Å². The van der Waals surface area contributed by atoms with Crippen LogP contribution in [0.5, 0.6) is 5.75 Å². The van der Waals surface area contributed by atoms with Gasteiger partial charge in [0.2, 0.25) is 10.0 Å². The van der Waals surface area contributed by atoms with E-state index in [2.05, 4.69) is 0 Å². The van der Waals surface area contributed by atoms with Gasteiger partial charge in [0.1, 0.15) is 12.4 Å². The molecule has 126 valence electrons. The summed E-state index contributed by atoms with van der Waals surface area (Å²) in [7, 11) is -4.03. The molecule has 0 fully saturated rings. The van der Waals surface area contributed by atoms with Crippen molar-refractivity contribution in [2.45, 2.75) is 11.4 Å². The Kier molecular flexibility index (Phi) is 4.12. The molecule has 9 heteroatoms. The van der Waals surface area contributed by atoms with Gasteiger partial charge >= 0.3 is 0 Å². The van der Waals surface area contributed by atoms with E-state index in [1.165, 1.54) is 28.6 Å². The van der Waals surface area contributed by atoms with Crippen LogP contribution in [0.2, 0.25) is 0 Å². The van der Waals surface area contributed by atoms with E-state index in [4.69, 9.17) is 10.5 Å². The number of rotatable bonds is 3. The maximum absolute atomic E-state index is 12.9. The SMILES string of the molecule is Nc1ccc2c(c1)OCCN(S(=O)(=O)c1ccccc1[N+](=O)[O-])C2. The van der Waals surface area contributed by atoms with Gasteiger partial charge in [-0.05, 0) is 12.1 Å². The molecule has 0 atom stereocenters. The molecule has 8 nitrogen and oxygen atoms in total. The van der Waals surface area contributed by atoms with Crippen molar-refractivity contribution in [3.8, 4) is 5.75 Å². The minimum atomic E-state index is -4.03. The molecule has 0 saturated heterocycles. The Hall–Kier alpha value is -2.65. The lowest BCUT2D eigenvalue weighted by atomic mass is 10.2. The summed E-state index contributed by atoms with van der Waals surface area (Å²) in [5.41, 5.74) is 6.44. The van der Waals surface area contributed by atoms with Crippen molar-refractivity contribution < 1.29 is 18.1 Å². The monoisotopic (exact) mass is 349 g/mol. The summed E-state index contributed by atoms with van der Waals surface area (Å²) in [6.07, 6.45) is 0. The number of nitrogens with zero attached hydrogens (tertiary/aromatic N) is 2. The van der Waals surface area contributed by atoms with E-state index in [1.54, 1.807) is 18.2 Å². The number of hydrogen-bond acceptors (Lipinski definition) is 6. The first kappa shape index (κ1) is 16.2. The molecule has 3 rings (SSSR count). The van der Waals surface area contributed by atoms with Crippen molar-refractivity contribution in [1.29, 1.82) is 0 Å². The van der Waals surface area contributed by atoms with Crippen LogP contribution in [0.4, 0.5) is 11.4 Å². The van der Waals surface area contributed by atoms with Gasteiger partial charge in [-0.1, -0.05) is 18.2 Å². The number of fused-ring (bicyclic) bond motifs is 1. The molecule has 2 aromatic rings. The van der Waals surface area contributed by atoms with Crippen molar-refractivity contribution in [2.24, 2.45) is 0 Å². The molecule has 1 aliphatic rings. The number of para-hydroxylation sites is 1. The summed E-state index contributed by atoms with van der Waals surface area (Å²) in [5, 5.41) is 11.1. The predicted octanol–water partition coefficient (Wildman–Crippen LogP) is 1.76. The largest absolute Gasteiger partial charge is 0.492 e. The number of nitrogens with two attached hydrogens (primary N) is 1. The second-order valence-corrected chi connectivity index (χ2v) is 7.19. The third-order valence-corrected chi connectivity index (χ3v) is 5.61. The Labute approximate surface area is 138 Å². The van der Waals surface area contributed by atoms with Crippen LogP contribution in [0.1, 0.15) is 5.56 Å². The average molecular weight is 349 g/mol. The average Bonchev–Trinajstić information content (AvgIpc) is 2.77. The number of ether oxygens (including phenoxy) is 1. The number of hydrogen-bond donors (Lipinski definition) is 1. The highest BCUT2D eigenvalue weighted by Gasteiger charge is 2.33. The highest BCUT2D eigenvalue weighted by atomic mass is 32.2. The third-order valence-electron chi connectivity index (χ3n) is 3.72. The zero-order valence-electron chi connectivity index (χ0n) is 12.6. The van der Waals surface area contributed by atoms with E-state index in [0.29, 0.717) is 17.0 Å². The molecular formula is C15H15N3O5S. The van der Waals surface area contributed by atoms with Gasteiger partial charge in [-0.25, -0.2) is 8.42 Å². The van der Waals surface area contributed by atoms with E-state index < -0.39 is 20.6 Å². The van der Waals surface area contributed by atoms with Crippen molar-refractivity contribution in [3.63, 3.8) is 0 Å². The van der Waals surface area contributed by atoms with Gasteiger partial charge in [0.05, 0.1) is 4.92 Å². The summed E-state index contributed by atoms with van der Waals surface area (Å²) < 4.78 is 32.5. The first-order chi connectivity index (χ1) is 11.4. The fraction of sp³-hybridized carbons (Fsp3) is 0.200. The van der Waals surface area contributed by atoms with Crippen LogP contribution < -0.4 is 10.5 Å².